The van der Waals surface area contributed by atoms with Gasteiger partial charge < -0.3 is 10.1 Å². The van der Waals surface area contributed by atoms with Crippen molar-refractivity contribution in [1.82, 2.24) is 0 Å². The van der Waals surface area contributed by atoms with Gasteiger partial charge in [0.1, 0.15) is 0 Å². The van der Waals surface area contributed by atoms with Crippen LogP contribution in [0.5, 0.6) is 0 Å². The highest BCUT2D eigenvalue weighted by atomic mass is 35.5. The second-order valence-electron chi connectivity index (χ2n) is 8.56. The lowest BCUT2D eigenvalue weighted by Crippen LogP contribution is -2.56. The average Bonchev–Trinajstić information content (AvgIpc) is 2.57. The number of carbonyl (C=O) groups is 2. The molecule has 4 bridgehead atoms. The van der Waals surface area contributed by atoms with Crippen LogP contribution >= 0.6 is 11.6 Å². The molecule has 0 heterocycles. The molecule has 152 valence electrons. The number of carbonyl (C=O) groups excluding carboxylic acids is 2. The monoisotopic (exact) mass is 415 g/mol. The van der Waals surface area contributed by atoms with Crippen molar-refractivity contribution < 1.29 is 27.5 Å². The number of hydrogen-bond acceptors (Lipinski definition) is 3. The molecule has 1 aromatic carbocycles. The Morgan fingerprint density at radius 2 is 1.79 bits per heavy atom. The maximum absolute atomic E-state index is 13.0. The van der Waals surface area contributed by atoms with Crippen molar-refractivity contribution in [1.29, 1.82) is 0 Å². The molecule has 1 amide bonds. The first-order valence-electron chi connectivity index (χ1n) is 9.41. The van der Waals surface area contributed by atoms with Crippen LogP contribution in [0.3, 0.4) is 0 Å². The predicted octanol–water partition coefficient (Wildman–Crippen LogP) is 4.76. The number of nitrogens with one attached hydrogen (secondary N) is 1. The van der Waals surface area contributed by atoms with Crippen molar-refractivity contribution in [2.24, 2.45) is 17.3 Å². The summed E-state index contributed by atoms with van der Waals surface area (Å²) < 4.78 is 44.3. The number of benzene rings is 1. The number of esters is 1. The quantitative estimate of drug-likeness (QED) is 0.569. The topological polar surface area (TPSA) is 55.4 Å². The van der Waals surface area contributed by atoms with Crippen molar-refractivity contribution >= 4 is 29.2 Å². The zero-order chi connectivity index (χ0) is 20.2. The van der Waals surface area contributed by atoms with E-state index >= 15 is 0 Å². The minimum atomic E-state index is -4.59. The van der Waals surface area contributed by atoms with Gasteiger partial charge in [-0.25, -0.2) is 0 Å². The SMILES string of the molecule is O=C(COC(=O)C12CC3CC(CC(Cl)(C3)C1)C2)Nc1ccccc1C(F)(F)F. The molecular formula is C20H21ClF3NO3. The summed E-state index contributed by atoms with van der Waals surface area (Å²) in [6.45, 7) is -0.614. The van der Waals surface area contributed by atoms with Crippen LogP contribution in [0.15, 0.2) is 24.3 Å². The van der Waals surface area contributed by atoms with Gasteiger partial charge in [0.25, 0.3) is 5.91 Å². The zero-order valence-corrected chi connectivity index (χ0v) is 15.9. The summed E-state index contributed by atoms with van der Waals surface area (Å²) in [5.41, 5.74) is -1.96. The average molecular weight is 416 g/mol. The molecule has 0 radical (unpaired) electrons. The van der Waals surface area contributed by atoms with Gasteiger partial charge in [0.2, 0.25) is 0 Å². The molecule has 0 spiro atoms. The third-order valence-electron chi connectivity index (χ3n) is 6.26. The van der Waals surface area contributed by atoms with Gasteiger partial charge in [0.05, 0.1) is 16.7 Å². The number of hydrogen-bond donors (Lipinski definition) is 1. The molecule has 0 aliphatic heterocycles. The zero-order valence-electron chi connectivity index (χ0n) is 15.2. The van der Waals surface area contributed by atoms with Gasteiger partial charge in [-0.15, -0.1) is 11.6 Å². The molecular weight excluding hydrogens is 395 g/mol. The van der Waals surface area contributed by atoms with E-state index in [0.29, 0.717) is 18.3 Å². The number of alkyl halides is 4. The predicted molar refractivity (Wildman–Crippen MR) is 96.7 cm³/mol. The molecule has 0 saturated heterocycles. The molecule has 4 saturated carbocycles. The summed E-state index contributed by atoms with van der Waals surface area (Å²) >= 11 is 6.70. The maximum Gasteiger partial charge on any atom is 0.418 e. The van der Waals surface area contributed by atoms with Crippen molar-refractivity contribution in [3.8, 4) is 0 Å². The molecule has 4 aliphatic carbocycles. The van der Waals surface area contributed by atoms with Crippen molar-refractivity contribution in [2.45, 2.75) is 49.6 Å². The summed E-state index contributed by atoms with van der Waals surface area (Å²) in [5, 5.41) is 2.19. The van der Waals surface area contributed by atoms with Gasteiger partial charge in [-0.05, 0) is 62.5 Å². The fourth-order valence-electron chi connectivity index (χ4n) is 5.70. The van der Waals surface area contributed by atoms with E-state index in [1.165, 1.54) is 18.2 Å². The molecule has 0 aromatic heterocycles. The van der Waals surface area contributed by atoms with E-state index in [0.717, 1.165) is 38.2 Å². The number of ether oxygens (including phenoxy) is 1. The standard InChI is InChI=1S/C20H21ClF3NO3/c21-19-8-12-5-13(9-19)7-18(6-12,11-19)17(27)28-10-16(26)25-15-4-2-1-3-14(15)20(22,23)24/h1-4,12-13H,5-11H2,(H,25,26). The Hall–Kier alpha value is -1.76. The Labute approximate surface area is 165 Å². The smallest absolute Gasteiger partial charge is 0.418 e. The second kappa shape index (κ2) is 6.65. The van der Waals surface area contributed by atoms with Gasteiger partial charge in [-0.3, -0.25) is 9.59 Å². The van der Waals surface area contributed by atoms with E-state index in [9.17, 15) is 22.8 Å². The molecule has 4 nitrogen and oxygen atoms in total. The van der Waals surface area contributed by atoms with E-state index in [2.05, 4.69) is 5.32 Å². The van der Waals surface area contributed by atoms with Crippen molar-refractivity contribution in [2.75, 3.05) is 11.9 Å². The second-order valence-corrected chi connectivity index (χ2v) is 9.36. The van der Waals surface area contributed by atoms with Gasteiger partial charge in [-0.2, -0.15) is 13.2 Å². The van der Waals surface area contributed by atoms with Crippen LogP contribution in [0.2, 0.25) is 0 Å². The molecule has 2 atom stereocenters. The van der Waals surface area contributed by atoms with E-state index in [4.69, 9.17) is 16.3 Å². The highest BCUT2D eigenvalue weighted by Crippen LogP contribution is 2.64. The summed E-state index contributed by atoms with van der Waals surface area (Å²) in [6, 6.07) is 4.69. The lowest BCUT2D eigenvalue weighted by molar-refractivity contribution is -0.171. The summed E-state index contributed by atoms with van der Waals surface area (Å²) in [6.07, 6.45) is 0.298. The first-order chi connectivity index (χ1) is 13.1. The highest BCUT2D eigenvalue weighted by molar-refractivity contribution is 6.24. The van der Waals surface area contributed by atoms with Crippen LogP contribution in [0.1, 0.15) is 44.1 Å². The molecule has 28 heavy (non-hydrogen) atoms. The normalized spacial score (nSPS) is 33.6. The number of halogens is 4. The summed E-state index contributed by atoms with van der Waals surface area (Å²) in [4.78, 5) is 24.5. The first-order valence-corrected chi connectivity index (χ1v) is 9.79. The Kier molecular flexibility index (Phi) is 4.64. The third kappa shape index (κ3) is 3.61. The third-order valence-corrected chi connectivity index (χ3v) is 6.71. The van der Waals surface area contributed by atoms with Crippen LogP contribution in [-0.4, -0.2) is 23.4 Å². The van der Waals surface area contributed by atoms with Gasteiger partial charge in [0, 0.05) is 4.87 Å². The minimum absolute atomic E-state index is 0.356. The Bertz CT molecular complexity index is 796. The fraction of sp³-hybridized carbons (Fsp3) is 0.600. The number of amides is 1. The van der Waals surface area contributed by atoms with Gasteiger partial charge in [0.15, 0.2) is 6.61 Å². The van der Waals surface area contributed by atoms with Crippen LogP contribution < -0.4 is 5.32 Å². The van der Waals surface area contributed by atoms with Crippen LogP contribution in [0.4, 0.5) is 18.9 Å². The number of rotatable bonds is 4. The molecule has 2 unspecified atom stereocenters. The van der Waals surface area contributed by atoms with E-state index in [-0.39, 0.29) is 10.6 Å². The Morgan fingerprint density at radius 3 is 2.39 bits per heavy atom. The maximum atomic E-state index is 13.0. The minimum Gasteiger partial charge on any atom is -0.455 e. The van der Waals surface area contributed by atoms with Crippen LogP contribution in [0.25, 0.3) is 0 Å². The summed E-state index contributed by atoms with van der Waals surface area (Å²) in [7, 11) is 0. The lowest BCUT2D eigenvalue weighted by atomic mass is 9.49. The molecule has 1 aromatic rings. The number of anilines is 1. The number of para-hydroxylation sites is 1. The summed E-state index contributed by atoms with van der Waals surface area (Å²) in [5.74, 6) is -0.446. The van der Waals surface area contributed by atoms with E-state index in [1.54, 1.807) is 0 Å². The van der Waals surface area contributed by atoms with Crippen molar-refractivity contribution in [3.63, 3.8) is 0 Å². The largest absolute Gasteiger partial charge is 0.455 e. The molecule has 4 fully saturated rings. The van der Waals surface area contributed by atoms with Gasteiger partial charge >= 0.3 is 12.1 Å². The molecule has 1 N–H and O–H groups in total. The van der Waals surface area contributed by atoms with Crippen molar-refractivity contribution in [3.05, 3.63) is 29.8 Å². The van der Waals surface area contributed by atoms with Crippen LogP contribution in [0, 0.1) is 17.3 Å². The molecule has 5 rings (SSSR count). The Balaban J connectivity index is 1.39. The Morgan fingerprint density at radius 1 is 1.14 bits per heavy atom. The highest BCUT2D eigenvalue weighted by Gasteiger charge is 2.60. The van der Waals surface area contributed by atoms with E-state index < -0.39 is 35.6 Å². The van der Waals surface area contributed by atoms with Crippen LogP contribution in [-0.2, 0) is 20.5 Å². The first kappa shape index (κ1) is 19.6. The molecule has 8 heteroatoms. The molecule has 4 aliphatic rings. The van der Waals surface area contributed by atoms with E-state index in [1.807, 2.05) is 0 Å². The lowest BCUT2D eigenvalue weighted by Gasteiger charge is -2.58. The fourth-order valence-corrected chi connectivity index (χ4v) is 6.39. The van der Waals surface area contributed by atoms with Gasteiger partial charge in [-0.1, -0.05) is 12.1 Å².